The molecule has 0 aliphatic carbocycles. The average molecular weight is 348 g/mol. The molecule has 0 saturated heterocycles. The Balaban J connectivity index is 1.85. The molecule has 1 amide bonds. The molecule has 0 saturated carbocycles. The number of aromatic nitrogens is 2. The van der Waals surface area contributed by atoms with Crippen molar-refractivity contribution in [1.29, 1.82) is 0 Å². The van der Waals surface area contributed by atoms with Crippen molar-refractivity contribution >= 4 is 28.7 Å². The number of benzene rings is 1. The van der Waals surface area contributed by atoms with E-state index in [9.17, 15) is 4.79 Å². The van der Waals surface area contributed by atoms with Gasteiger partial charge in [0.05, 0.1) is 6.04 Å². The molecular formula is C21H24N4O. The number of carbonyl (C=O) groups excluding carboxylic acids is 1. The van der Waals surface area contributed by atoms with Crippen LogP contribution in [-0.2, 0) is 4.79 Å². The first kappa shape index (κ1) is 17.7. The molecule has 5 heteroatoms. The molecule has 1 aromatic carbocycles. The monoisotopic (exact) mass is 348 g/mol. The van der Waals surface area contributed by atoms with Crippen LogP contribution >= 0.6 is 0 Å². The highest BCUT2D eigenvalue weighted by atomic mass is 16.2. The topological polar surface area (TPSA) is 75.0 Å². The van der Waals surface area contributed by atoms with Gasteiger partial charge in [0.1, 0.15) is 5.82 Å². The van der Waals surface area contributed by atoms with Gasteiger partial charge >= 0.3 is 0 Å². The number of nitrogen functional groups attached to an aromatic ring is 1. The van der Waals surface area contributed by atoms with E-state index in [2.05, 4.69) is 29.9 Å². The van der Waals surface area contributed by atoms with Crippen molar-refractivity contribution in [2.75, 3.05) is 12.8 Å². The molecule has 1 unspecified atom stereocenters. The number of nitrogens with one attached hydrogen (secondary N) is 1. The van der Waals surface area contributed by atoms with E-state index >= 15 is 0 Å². The SMILES string of the molecule is CC(C)C(c1c[nH]c2ccccc12)N(C)C(=O)C=Cc1ccc(N)nc1. The molecule has 2 aromatic heterocycles. The van der Waals surface area contributed by atoms with Crippen LogP contribution in [0.1, 0.15) is 31.0 Å². The van der Waals surface area contributed by atoms with Gasteiger partial charge in [0.15, 0.2) is 0 Å². The van der Waals surface area contributed by atoms with Crippen LogP contribution in [0.15, 0.2) is 54.9 Å². The number of carbonyl (C=O) groups is 1. The molecule has 5 nitrogen and oxygen atoms in total. The minimum Gasteiger partial charge on any atom is -0.384 e. The average Bonchev–Trinajstić information content (AvgIpc) is 3.04. The van der Waals surface area contributed by atoms with Crippen molar-refractivity contribution in [3.8, 4) is 0 Å². The van der Waals surface area contributed by atoms with Crippen LogP contribution in [0, 0.1) is 5.92 Å². The fraction of sp³-hybridized carbons (Fsp3) is 0.238. The summed E-state index contributed by atoms with van der Waals surface area (Å²) in [7, 11) is 1.85. The Labute approximate surface area is 153 Å². The maximum absolute atomic E-state index is 12.7. The second-order valence-electron chi connectivity index (χ2n) is 6.78. The number of nitrogens with zero attached hydrogens (tertiary/aromatic N) is 2. The Morgan fingerprint density at radius 1 is 1.23 bits per heavy atom. The van der Waals surface area contributed by atoms with Crippen molar-refractivity contribution in [1.82, 2.24) is 14.9 Å². The van der Waals surface area contributed by atoms with Crippen LogP contribution in [0.2, 0.25) is 0 Å². The quantitative estimate of drug-likeness (QED) is 0.684. The van der Waals surface area contributed by atoms with Crippen molar-refractivity contribution in [2.45, 2.75) is 19.9 Å². The fourth-order valence-electron chi connectivity index (χ4n) is 3.29. The molecule has 0 spiro atoms. The molecule has 2 heterocycles. The molecule has 3 rings (SSSR count). The lowest BCUT2D eigenvalue weighted by atomic mass is 9.94. The number of amides is 1. The van der Waals surface area contributed by atoms with E-state index in [1.165, 1.54) is 0 Å². The predicted octanol–water partition coefficient (Wildman–Crippen LogP) is 4.01. The van der Waals surface area contributed by atoms with Gasteiger partial charge in [-0.3, -0.25) is 4.79 Å². The van der Waals surface area contributed by atoms with Gasteiger partial charge in [0.25, 0.3) is 0 Å². The molecule has 0 fully saturated rings. The zero-order chi connectivity index (χ0) is 18.7. The summed E-state index contributed by atoms with van der Waals surface area (Å²) in [6, 6.07) is 11.7. The van der Waals surface area contributed by atoms with Gasteiger partial charge in [0, 0.05) is 42.0 Å². The Hall–Kier alpha value is -3.08. The molecule has 1 atom stereocenters. The number of rotatable bonds is 5. The minimum atomic E-state index is -0.0502. The zero-order valence-electron chi connectivity index (χ0n) is 15.3. The lowest BCUT2D eigenvalue weighted by Crippen LogP contribution is -2.32. The zero-order valence-corrected chi connectivity index (χ0v) is 15.3. The highest BCUT2D eigenvalue weighted by molar-refractivity contribution is 5.92. The van der Waals surface area contributed by atoms with E-state index < -0.39 is 0 Å². The number of para-hydroxylation sites is 1. The van der Waals surface area contributed by atoms with Crippen molar-refractivity contribution in [3.63, 3.8) is 0 Å². The normalized spacial score (nSPS) is 12.8. The van der Waals surface area contributed by atoms with Crippen molar-refractivity contribution < 1.29 is 4.79 Å². The lowest BCUT2D eigenvalue weighted by Gasteiger charge is -2.30. The van der Waals surface area contributed by atoms with Crippen LogP contribution in [0.4, 0.5) is 5.82 Å². The number of hydrogen-bond donors (Lipinski definition) is 2. The molecule has 26 heavy (non-hydrogen) atoms. The maximum atomic E-state index is 12.7. The van der Waals surface area contributed by atoms with Crippen LogP contribution < -0.4 is 5.73 Å². The van der Waals surface area contributed by atoms with Crippen LogP contribution in [0.5, 0.6) is 0 Å². The minimum absolute atomic E-state index is 0.0205. The van der Waals surface area contributed by atoms with E-state index in [0.717, 1.165) is 22.0 Å². The van der Waals surface area contributed by atoms with Crippen molar-refractivity contribution in [3.05, 3.63) is 66.0 Å². The number of hydrogen-bond acceptors (Lipinski definition) is 3. The van der Waals surface area contributed by atoms with Gasteiger partial charge < -0.3 is 15.6 Å². The molecule has 3 N–H and O–H groups in total. The summed E-state index contributed by atoms with van der Waals surface area (Å²) in [5.74, 6) is 0.686. The van der Waals surface area contributed by atoms with Crippen LogP contribution in [0.3, 0.4) is 0 Å². The fourth-order valence-corrected chi connectivity index (χ4v) is 3.29. The Morgan fingerprint density at radius 2 is 2.00 bits per heavy atom. The van der Waals surface area contributed by atoms with Gasteiger partial charge in [-0.05, 0) is 35.8 Å². The summed E-state index contributed by atoms with van der Waals surface area (Å²) in [5, 5.41) is 1.15. The summed E-state index contributed by atoms with van der Waals surface area (Å²) in [4.78, 5) is 21.9. The summed E-state index contributed by atoms with van der Waals surface area (Å²) in [5.41, 5.74) is 8.65. The first-order chi connectivity index (χ1) is 12.5. The van der Waals surface area contributed by atoms with E-state index in [-0.39, 0.29) is 17.9 Å². The second-order valence-corrected chi connectivity index (χ2v) is 6.78. The van der Waals surface area contributed by atoms with Gasteiger partial charge in [-0.1, -0.05) is 32.0 Å². The molecule has 0 aliphatic heterocycles. The van der Waals surface area contributed by atoms with Gasteiger partial charge in [-0.2, -0.15) is 0 Å². The van der Waals surface area contributed by atoms with E-state index in [0.29, 0.717) is 5.82 Å². The smallest absolute Gasteiger partial charge is 0.246 e. The summed E-state index contributed by atoms with van der Waals surface area (Å²) < 4.78 is 0. The summed E-state index contributed by atoms with van der Waals surface area (Å²) in [6.45, 7) is 4.26. The third-order valence-corrected chi connectivity index (χ3v) is 4.56. The van der Waals surface area contributed by atoms with E-state index in [4.69, 9.17) is 5.73 Å². The number of nitrogens with two attached hydrogens (primary N) is 1. The molecule has 0 aliphatic rings. The van der Waals surface area contributed by atoms with Gasteiger partial charge in [0.2, 0.25) is 5.91 Å². The third-order valence-electron chi connectivity index (χ3n) is 4.56. The van der Waals surface area contributed by atoms with E-state index in [1.807, 2.05) is 37.5 Å². The molecule has 3 aromatic rings. The molecule has 0 bridgehead atoms. The molecule has 134 valence electrons. The number of H-pyrrole nitrogens is 1. The number of aromatic amines is 1. The Kier molecular flexibility index (Phi) is 5.07. The summed E-state index contributed by atoms with van der Waals surface area (Å²) >= 11 is 0. The third kappa shape index (κ3) is 3.61. The van der Waals surface area contributed by atoms with Crippen LogP contribution in [0.25, 0.3) is 17.0 Å². The maximum Gasteiger partial charge on any atom is 0.246 e. The Bertz CT molecular complexity index is 925. The Morgan fingerprint density at radius 3 is 2.69 bits per heavy atom. The van der Waals surface area contributed by atoms with Crippen LogP contribution in [-0.4, -0.2) is 27.8 Å². The second kappa shape index (κ2) is 7.44. The first-order valence-corrected chi connectivity index (χ1v) is 8.70. The van der Waals surface area contributed by atoms with Gasteiger partial charge in [-0.25, -0.2) is 4.98 Å². The lowest BCUT2D eigenvalue weighted by molar-refractivity contribution is -0.127. The number of pyridine rings is 1. The largest absolute Gasteiger partial charge is 0.384 e. The van der Waals surface area contributed by atoms with Gasteiger partial charge in [-0.15, -0.1) is 0 Å². The number of anilines is 1. The summed E-state index contributed by atoms with van der Waals surface area (Å²) in [6.07, 6.45) is 7.00. The standard InChI is InChI=1S/C21H24N4O/c1-14(2)21(17-13-23-18-7-5-4-6-16(17)18)25(3)20(26)11-9-15-8-10-19(22)24-12-15/h4-14,21,23H,1-3H3,(H2,22,24). The molecule has 0 radical (unpaired) electrons. The highest BCUT2D eigenvalue weighted by Gasteiger charge is 2.25. The number of likely N-dealkylation sites (N-methyl/N-ethyl adjacent to an activating group) is 1. The first-order valence-electron chi connectivity index (χ1n) is 8.70. The highest BCUT2D eigenvalue weighted by Crippen LogP contribution is 2.33. The number of fused-ring (bicyclic) bond motifs is 1. The van der Waals surface area contributed by atoms with E-state index in [1.54, 1.807) is 29.3 Å². The predicted molar refractivity (Wildman–Crippen MR) is 106 cm³/mol. The van der Waals surface area contributed by atoms with Crippen molar-refractivity contribution in [2.24, 2.45) is 5.92 Å². The molecular weight excluding hydrogens is 324 g/mol.